The highest BCUT2D eigenvalue weighted by Gasteiger charge is 2.08. The normalized spacial score (nSPS) is 10.2. The fourth-order valence-electron chi connectivity index (χ4n) is 2.35. The Bertz CT molecular complexity index is 641. The number of pyridine rings is 1. The van der Waals surface area contributed by atoms with Crippen LogP contribution in [-0.4, -0.2) is 24.5 Å². The van der Waals surface area contributed by atoms with Gasteiger partial charge in [-0.15, -0.1) is 0 Å². The molecule has 1 aromatic carbocycles. The van der Waals surface area contributed by atoms with Gasteiger partial charge in [-0.3, -0.25) is 4.79 Å². The number of rotatable bonds is 9. The second-order valence-corrected chi connectivity index (χ2v) is 5.56. The van der Waals surface area contributed by atoms with Gasteiger partial charge in [0.05, 0.1) is 12.7 Å². The van der Waals surface area contributed by atoms with Gasteiger partial charge in [0.1, 0.15) is 11.6 Å². The smallest absolute Gasteiger partial charge is 0.253 e. The molecular formula is C19H25N3O2. The van der Waals surface area contributed by atoms with Crippen LogP contribution in [0.4, 0.5) is 5.82 Å². The molecule has 0 aliphatic rings. The zero-order chi connectivity index (χ0) is 17.2. The Morgan fingerprint density at radius 1 is 1.17 bits per heavy atom. The van der Waals surface area contributed by atoms with Crippen LogP contribution in [0.1, 0.15) is 42.1 Å². The van der Waals surface area contributed by atoms with E-state index in [4.69, 9.17) is 4.74 Å². The van der Waals surface area contributed by atoms with Gasteiger partial charge >= 0.3 is 0 Å². The van der Waals surface area contributed by atoms with E-state index in [0.717, 1.165) is 30.1 Å². The minimum atomic E-state index is -0.147. The molecule has 0 aliphatic carbocycles. The summed E-state index contributed by atoms with van der Waals surface area (Å²) in [6.45, 7) is 3.50. The first-order valence-corrected chi connectivity index (χ1v) is 8.34. The van der Waals surface area contributed by atoms with Crippen LogP contribution in [0.5, 0.6) is 5.75 Å². The Kier molecular flexibility index (Phi) is 7.08. The molecular weight excluding hydrogens is 302 g/mol. The molecule has 0 saturated carbocycles. The van der Waals surface area contributed by atoms with Crippen molar-refractivity contribution in [2.75, 3.05) is 19.0 Å². The van der Waals surface area contributed by atoms with Crippen molar-refractivity contribution < 1.29 is 9.53 Å². The van der Waals surface area contributed by atoms with Crippen molar-refractivity contribution in [3.8, 4) is 5.75 Å². The summed E-state index contributed by atoms with van der Waals surface area (Å²) >= 11 is 0. The van der Waals surface area contributed by atoms with E-state index in [2.05, 4.69) is 22.5 Å². The summed E-state index contributed by atoms with van der Waals surface area (Å²) in [5.41, 5.74) is 1.49. The molecule has 0 atom stereocenters. The van der Waals surface area contributed by atoms with E-state index < -0.39 is 0 Å². The lowest BCUT2D eigenvalue weighted by Gasteiger charge is -2.10. The average molecular weight is 327 g/mol. The molecule has 128 valence electrons. The van der Waals surface area contributed by atoms with E-state index in [1.54, 1.807) is 19.4 Å². The van der Waals surface area contributed by atoms with Crippen LogP contribution in [0.25, 0.3) is 0 Å². The number of ether oxygens (including phenoxy) is 1. The number of hydrogen-bond donors (Lipinski definition) is 2. The zero-order valence-electron chi connectivity index (χ0n) is 14.3. The van der Waals surface area contributed by atoms with Gasteiger partial charge in [-0.1, -0.05) is 38.0 Å². The van der Waals surface area contributed by atoms with Gasteiger partial charge in [0.2, 0.25) is 0 Å². The van der Waals surface area contributed by atoms with Gasteiger partial charge in [-0.05, 0) is 24.6 Å². The average Bonchev–Trinajstić information content (AvgIpc) is 2.64. The number of unbranched alkanes of at least 4 members (excludes halogenated alkanes) is 2. The van der Waals surface area contributed by atoms with Crippen molar-refractivity contribution >= 4 is 11.7 Å². The molecule has 0 unspecified atom stereocenters. The number of carbonyl (C=O) groups is 1. The van der Waals surface area contributed by atoms with E-state index in [-0.39, 0.29) is 5.91 Å². The molecule has 1 aromatic heterocycles. The fourth-order valence-corrected chi connectivity index (χ4v) is 2.35. The van der Waals surface area contributed by atoms with Crippen molar-refractivity contribution in [2.24, 2.45) is 0 Å². The molecule has 1 amide bonds. The Labute approximate surface area is 143 Å². The fraction of sp³-hybridized carbons (Fsp3) is 0.368. The Hall–Kier alpha value is -2.56. The summed E-state index contributed by atoms with van der Waals surface area (Å²) in [5, 5.41) is 6.15. The van der Waals surface area contributed by atoms with Crippen LogP contribution in [0, 0.1) is 0 Å². The minimum Gasteiger partial charge on any atom is -0.496 e. The van der Waals surface area contributed by atoms with Crippen LogP contribution in [-0.2, 0) is 6.54 Å². The van der Waals surface area contributed by atoms with Crippen LogP contribution in [0.3, 0.4) is 0 Å². The molecule has 5 nitrogen and oxygen atoms in total. The molecule has 24 heavy (non-hydrogen) atoms. The van der Waals surface area contributed by atoms with Gasteiger partial charge in [-0.2, -0.15) is 0 Å². The lowest BCUT2D eigenvalue weighted by atomic mass is 10.2. The molecule has 1 heterocycles. The lowest BCUT2D eigenvalue weighted by Crippen LogP contribution is -2.23. The molecule has 2 aromatic rings. The molecule has 0 radical (unpaired) electrons. The summed E-state index contributed by atoms with van der Waals surface area (Å²) in [4.78, 5) is 16.5. The van der Waals surface area contributed by atoms with E-state index in [1.165, 1.54) is 12.8 Å². The molecule has 2 rings (SSSR count). The number of anilines is 1. The predicted molar refractivity (Wildman–Crippen MR) is 96.4 cm³/mol. The maximum atomic E-state index is 12.2. The molecule has 0 spiro atoms. The highest BCUT2D eigenvalue weighted by Crippen LogP contribution is 2.17. The number of amides is 1. The predicted octanol–water partition coefficient (Wildman–Crippen LogP) is 3.62. The Morgan fingerprint density at radius 2 is 2.00 bits per heavy atom. The van der Waals surface area contributed by atoms with Crippen molar-refractivity contribution in [1.29, 1.82) is 0 Å². The monoisotopic (exact) mass is 327 g/mol. The van der Waals surface area contributed by atoms with Crippen LogP contribution in [0.15, 0.2) is 42.6 Å². The topological polar surface area (TPSA) is 63.2 Å². The zero-order valence-corrected chi connectivity index (χ0v) is 14.3. The largest absolute Gasteiger partial charge is 0.496 e. The molecule has 5 heteroatoms. The maximum Gasteiger partial charge on any atom is 0.253 e. The third-order valence-electron chi connectivity index (χ3n) is 3.74. The van der Waals surface area contributed by atoms with E-state index in [9.17, 15) is 4.79 Å². The summed E-state index contributed by atoms with van der Waals surface area (Å²) in [7, 11) is 1.62. The number of aromatic nitrogens is 1. The first-order chi connectivity index (χ1) is 11.7. The summed E-state index contributed by atoms with van der Waals surface area (Å²) in [5.74, 6) is 1.42. The summed E-state index contributed by atoms with van der Waals surface area (Å²) in [6.07, 6.45) is 5.12. The van der Waals surface area contributed by atoms with Gasteiger partial charge in [0.25, 0.3) is 5.91 Å². The van der Waals surface area contributed by atoms with Crippen molar-refractivity contribution in [3.05, 3.63) is 53.7 Å². The maximum absolute atomic E-state index is 12.2. The van der Waals surface area contributed by atoms with Crippen molar-refractivity contribution in [2.45, 2.75) is 32.7 Å². The third-order valence-corrected chi connectivity index (χ3v) is 3.74. The first kappa shape index (κ1) is 17.8. The lowest BCUT2D eigenvalue weighted by molar-refractivity contribution is 0.0950. The highest BCUT2D eigenvalue weighted by atomic mass is 16.5. The molecule has 0 aliphatic heterocycles. The number of benzene rings is 1. The van der Waals surface area contributed by atoms with Crippen molar-refractivity contribution in [1.82, 2.24) is 10.3 Å². The van der Waals surface area contributed by atoms with E-state index >= 15 is 0 Å². The first-order valence-electron chi connectivity index (χ1n) is 8.34. The van der Waals surface area contributed by atoms with Crippen LogP contribution < -0.4 is 15.4 Å². The SMILES string of the molecule is CCCCCNc1ccc(C(=O)NCc2ccccc2OC)cn1. The third kappa shape index (κ3) is 5.26. The van der Waals surface area contributed by atoms with Crippen molar-refractivity contribution in [3.63, 3.8) is 0 Å². The van der Waals surface area contributed by atoms with Gasteiger partial charge in [-0.25, -0.2) is 4.98 Å². The van der Waals surface area contributed by atoms with Crippen LogP contribution in [0.2, 0.25) is 0 Å². The van der Waals surface area contributed by atoms with Gasteiger partial charge in [0, 0.05) is 24.8 Å². The number of para-hydroxylation sites is 1. The summed E-state index contributed by atoms with van der Waals surface area (Å²) in [6, 6.07) is 11.3. The van der Waals surface area contributed by atoms with E-state index in [1.807, 2.05) is 30.3 Å². The number of nitrogens with zero attached hydrogens (tertiary/aromatic N) is 1. The summed E-state index contributed by atoms with van der Waals surface area (Å²) < 4.78 is 5.28. The van der Waals surface area contributed by atoms with Gasteiger partial charge < -0.3 is 15.4 Å². The highest BCUT2D eigenvalue weighted by molar-refractivity contribution is 5.94. The number of carbonyl (C=O) groups excluding carboxylic acids is 1. The minimum absolute atomic E-state index is 0.147. The number of nitrogens with one attached hydrogen (secondary N) is 2. The second kappa shape index (κ2) is 9.55. The molecule has 0 bridgehead atoms. The molecule has 0 saturated heterocycles. The Balaban J connectivity index is 1.86. The molecule has 2 N–H and O–H groups in total. The quantitative estimate of drug-likeness (QED) is 0.691. The Morgan fingerprint density at radius 3 is 2.71 bits per heavy atom. The number of hydrogen-bond acceptors (Lipinski definition) is 4. The van der Waals surface area contributed by atoms with Gasteiger partial charge in [0.15, 0.2) is 0 Å². The standard InChI is InChI=1S/C19H25N3O2/c1-3-4-7-12-20-18-11-10-16(14-21-18)19(23)22-13-15-8-5-6-9-17(15)24-2/h5-6,8-11,14H,3-4,7,12-13H2,1-2H3,(H,20,21)(H,22,23). The van der Waals surface area contributed by atoms with Crippen LogP contribution >= 0.6 is 0 Å². The second-order valence-electron chi connectivity index (χ2n) is 5.56. The van der Waals surface area contributed by atoms with E-state index in [0.29, 0.717) is 12.1 Å². The molecule has 0 fully saturated rings. The number of methoxy groups -OCH3 is 1.